The van der Waals surface area contributed by atoms with Crippen LogP contribution < -0.4 is 4.74 Å². The van der Waals surface area contributed by atoms with Crippen LogP contribution in [-0.2, 0) is 0 Å². The van der Waals surface area contributed by atoms with E-state index < -0.39 is 6.10 Å². The molecule has 114 valence electrons. The topological polar surface area (TPSA) is 48.5 Å². The summed E-state index contributed by atoms with van der Waals surface area (Å²) in [6.07, 6.45) is 2.67. The molecule has 4 nitrogen and oxygen atoms in total. The SMILES string of the molecule is OC(COc1cccc2[nH]ccc12)CN1CCCSCC1. The van der Waals surface area contributed by atoms with Crippen LogP contribution in [0.3, 0.4) is 0 Å². The van der Waals surface area contributed by atoms with Crippen LogP contribution in [0.1, 0.15) is 6.42 Å². The second-order valence-corrected chi connectivity index (χ2v) is 6.65. The largest absolute Gasteiger partial charge is 0.490 e. The number of nitrogens with one attached hydrogen (secondary N) is 1. The molecule has 3 rings (SSSR count). The molecule has 1 aromatic carbocycles. The zero-order valence-corrected chi connectivity index (χ0v) is 12.9. The van der Waals surface area contributed by atoms with Gasteiger partial charge in [-0.25, -0.2) is 0 Å². The fourth-order valence-electron chi connectivity index (χ4n) is 2.70. The Morgan fingerprint density at radius 3 is 3.19 bits per heavy atom. The molecule has 2 aromatic rings. The number of fused-ring (bicyclic) bond motifs is 1. The molecule has 0 amide bonds. The number of benzene rings is 1. The molecule has 1 fully saturated rings. The first-order valence-corrected chi connectivity index (χ1v) is 8.65. The molecule has 5 heteroatoms. The maximum absolute atomic E-state index is 10.2. The van der Waals surface area contributed by atoms with Crippen LogP contribution in [0.2, 0.25) is 0 Å². The van der Waals surface area contributed by atoms with E-state index in [0.717, 1.165) is 35.5 Å². The molecule has 1 saturated heterocycles. The highest BCUT2D eigenvalue weighted by atomic mass is 32.2. The molecule has 21 heavy (non-hydrogen) atoms. The third kappa shape index (κ3) is 3.93. The van der Waals surface area contributed by atoms with Gasteiger partial charge in [0.25, 0.3) is 0 Å². The number of β-amino-alcohol motifs (C(OH)–C–C–N with tert-alkyl or cyclic N) is 1. The second kappa shape index (κ2) is 7.20. The Balaban J connectivity index is 1.53. The summed E-state index contributed by atoms with van der Waals surface area (Å²) < 4.78 is 5.81. The number of hydrogen-bond donors (Lipinski definition) is 2. The van der Waals surface area contributed by atoms with Crippen LogP contribution in [0, 0.1) is 0 Å². The predicted octanol–water partition coefficient (Wildman–Crippen LogP) is 2.35. The van der Waals surface area contributed by atoms with Crippen molar-refractivity contribution >= 4 is 22.7 Å². The highest BCUT2D eigenvalue weighted by Gasteiger charge is 2.15. The van der Waals surface area contributed by atoms with Gasteiger partial charge >= 0.3 is 0 Å². The lowest BCUT2D eigenvalue weighted by Crippen LogP contribution is -2.36. The molecule has 0 bridgehead atoms. The summed E-state index contributed by atoms with van der Waals surface area (Å²) >= 11 is 2.00. The molecule has 0 saturated carbocycles. The molecule has 1 aliphatic heterocycles. The summed E-state index contributed by atoms with van der Waals surface area (Å²) in [5, 5.41) is 11.3. The molecule has 2 N–H and O–H groups in total. The van der Waals surface area contributed by atoms with Gasteiger partial charge in [-0.2, -0.15) is 11.8 Å². The molecule has 2 heterocycles. The number of thioether (sulfide) groups is 1. The summed E-state index contributed by atoms with van der Waals surface area (Å²) in [4.78, 5) is 5.51. The van der Waals surface area contributed by atoms with Crippen molar-refractivity contribution in [2.75, 3.05) is 37.7 Å². The van der Waals surface area contributed by atoms with Crippen molar-refractivity contribution in [1.29, 1.82) is 0 Å². The number of H-pyrrole nitrogens is 1. The van der Waals surface area contributed by atoms with E-state index in [1.165, 1.54) is 12.2 Å². The van der Waals surface area contributed by atoms with Gasteiger partial charge in [0.2, 0.25) is 0 Å². The maximum Gasteiger partial charge on any atom is 0.128 e. The second-order valence-electron chi connectivity index (χ2n) is 5.43. The molecule has 0 aliphatic carbocycles. The fraction of sp³-hybridized carbons (Fsp3) is 0.500. The molecule has 1 aliphatic rings. The van der Waals surface area contributed by atoms with Crippen LogP contribution in [0.15, 0.2) is 30.5 Å². The Kier molecular flexibility index (Phi) is 5.06. The quantitative estimate of drug-likeness (QED) is 0.890. The van der Waals surface area contributed by atoms with Crippen molar-refractivity contribution in [3.8, 4) is 5.75 Å². The van der Waals surface area contributed by atoms with E-state index in [4.69, 9.17) is 4.74 Å². The van der Waals surface area contributed by atoms with Gasteiger partial charge in [0.1, 0.15) is 18.5 Å². The van der Waals surface area contributed by atoms with Gasteiger partial charge in [-0.1, -0.05) is 6.07 Å². The number of aromatic amines is 1. The van der Waals surface area contributed by atoms with Crippen molar-refractivity contribution in [2.24, 2.45) is 0 Å². The molecular weight excluding hydrogens is 284 g/mol. The monoisotopic (exact) mass is 306 g/mol. The average molecular weight is 306 g/mol. The number of aliphatic hydroxyl groups excluding tert-OH is 1. The molecule has 1 atom stereocenters. The zero-order valence-electron chi connectivity index (χ0n) is 12.1. The standard InChI is InChI=1S/C16H22N2O2S/c19-13(11-18-7-2-9-21-10-8-18)12-20-16-4-1-3-15-14(16)5-6-17-15/h1,3-6,13,17,19H,2,7-12H2. The molecular formula is C16H22N2O2S. The molecule has 0 radical (unpaired) electrons. The van der Waals surface area contributed by atoms with E-state index in [9.17, 15) is 5.11 Å². The fourth-order valence-corrected chi connectivity index (χ4v) is 3.62. The lowest BCUT2D eigenvalue weighted by molar-refractivity contribution is 0.0713. The van der Waals surface area contributed by atoms with E-state index in [1.54, 1.807) is 0 Å². The van der Waals surface area contributed by atoms with Crippen LogP contribution in [0.4, 0.5) is 0 Å². The molecule has 1 unspecified atom stereocenters. The number of aromatic nitrogens is 1. The van der Waals surface area contributed by atoms with Gasteiger partial charge in [0, 0.05) is 35.9 Å². The number of ether oxygens (including phenoxy) is 1. The Hall–Kier alpha value is -1.17. The minimum absolute atomic E-state index is 0.341. The summed E-state index contributed by atoms with van der Waals surface area (Å²) in [7, 11) is 0. The smallest absolute Gasteiger partial charge is 0.128 e. The van der Waals surface area contributed by atoms with Crippen LogP contribution in [0.5, 0.6) is 5.75 Å². The number of nitrogens with zero attached hydrogens (tertiary/aromatic N) is 1. The van der Waals surface area contributed by atoms with Crippen molar-refractivity contribution in [1.82, 2.24) is 9.88 Å². The van der Waals surface area contributed by atoms with Gasteiger partial charge < -0.3 is 14.8 Å². The Morgan fingerprint density at radius 1 is 1.29 bits per heavy atom. The van der Waals surface area contributed by atoms with E-state index in [2.05, 4.69) is 9.88 Å². The van der Waals surface area contributed by atoms with Crippen molar-refractivity contribution < 1.29 is 9.84 Å². The zero-order chi connectivity index (χ0) is 14.5. The molecule has 0 spiro atoms. The lowest BCUT2D eigenvalue weighted by Gasteiger charge is -2.23. The lowest BCUT2D eigenvalue weighted by atomic mass is 10.2. The predicted molar refractivity (Wildman–Crippen MR) is 88.2 cm³/mol. The Morgan fingerprint density at radius 2 is 2.24 bits per heavy atom. The third-order valence-corrected chi connectivity index (χ3v) is 4.82. The summed E-state index contributed by atoms with van der Waals surface area (Å²) in [5.41, 5.74) is 1.06. The van der Waals surface area contributed by atoms with Crippen molar-refractivity contribution in [3.05, 3.63) is 30.5 Å². The first-order valence-electron chi connectivity index (χ1n) is 7.50. The maximum atomic E-state index is 10.2. The first kappa shape index (κ1) is 14.8. The number of hydrogen-bond acceptors (Lipinski definition) is 4. The highest BCUT2D eigenvalue weighted by Crippen LogP contribution is 2.24. The van der Waals surface area contributed by atoms with Crippen LogP contribution in [-0.4, -0.2) is 58.8 Å². The number of rotatable bonds is 5. The Bertz CT molecular complexity index is 564. The minimum Gasteiger partial charge on any atom is -0.490 e. The van der Waals surface area contributed by atoms with Gasteiger partial charge in [-0.3, -0.25) is 4.90 Å². The van der Waals surface area contributed by atoms with Crippen LogP contribution >= 0.6 is 11.8 Å². The van der Waals surface area contributed by atoms with E-state index in [0.29, 0.717) is 13.2 Å². The van der Waals surface area contributed by atoms with E-state index >= 15 is 0 Å². The van der Waals surface area contributed by atoms with Gasteiger partial charge in [0.15, 0.2) is 0 Å². The van der Waals surface area contributed by atoms with Gasteiger partial charge in [-0.05, 0) is 36.9 Å². The normalized spacial score (nSPS) is 18.5. The summed E-state index contributed by atoms with van der Waals surface area (Å²) in [6, 6.07) is 7.94. The molecule has 1 aromatic heterocycles. The van der Waals surface area contributed by atoms with E-state index in [1.807, 2.05) is 42.2 Å². The third-order valence-electron chi connectivity index (χ3n) is 3.77. The highest BCUT2D eigenvalue weighted by molar-refractivity contribution is 7.99. The van der Waals surface area contributed by atoms with Gasteiger partial charge in [0.05, 0.1) is 0 Å². The van der Waals surface area contributed by atoms with E-state index in [-0.39, 0.29) is 0 Å². The van der Waals surface area contributed by atoms with Crippen molar-refractivity contribution in [3.63, 3.8) is 0 Å². The summed E-state index contributed by atoms with van der Waals surface area (Å²) in [5.74, 6) is 3.23. The first-order chi connectivity index (χ1) is 10.3. The van der Waals surface area contributed by atoms with Crippen molar-refractivity contribution in [2.45, 2.75) is 12.5 Å². The van der Waals surface area contributed by atoms with Crippen LogP contribution in [0.25, 0.3) is 10.9 Å². The summed E-state index contributed by atoms with van der Waals surface area (Å²) in [6.45, 7) is 3.18. The van der Waals surface area contributed by atoms with Gasteiger partial charge in [-0.15, -0.1) is 0 Å². The average Bonchev–Trinajstić information content (AvgIpc) is 2.83. The Labute approximate surface area is 129 Å². The minimum atomic E-state index is -0.442. The number of aliphatic hydroxyl groups is 1.